The van der Waals surface area contributed by atoms with E-state index in [0.717, 1.165) is 39.2 Å². The highest BCUT2D eigenvalue weighted by Crippen LogP contribution is 2.39. The van der Waals surface area contributed by atoms with Crippen LogP contribution in [0, 0.1) is 34.6 Å². The Bertz CT molecular complexity index is 1160. The number of aryl methyl sites for hydroxylation is 4. The van der Waals surface area contributed by atoms with E-state index in [1.54, 1.807) is 4.68 Å². The first-order valence-corrected chi connectivity index (χ1v) is 9.85. The van der Waals surface area contributed by atoms with E-state index in [2.05, 4.69) is 5.32 Å². The normalized spacial score (nSPS) is 15.8. The van der Waals surface area contributed by atoms with Gasteiger partial charge in [-0.15, -0.1) is 0 Å². The van der Waals surface area contributed by atoms with Crippen LogP contribution in [0.1, 0.15) is 56.2 Å². The molecule has 148 valence electrons. The number of hydrogen-bond acceptors (Lipinski definition) is 3. The van der Waals surface area contributed by atoms with E-state index < -0.39 is 5.92 Å². The number of Topliss-reactive ketones (excluding diaryl/α,β-unsaturated/α-hetero) is 1. The van der Waals surface area contributed by atoms with E-state index in [1.807, 2.05) is 71.0 Å². The number of hydrogen-bond donors (Lipinski definition) is 1. The van der Waals surface area contributed by atoms with E-state index in [-0.39, 0.29) is 18.1 Å². The van der Waals surface area contributed by atoms with Gasteiger partial charge in [0.25, 0.3) is 0 Å². The van der Waals surface area contributed by atoms with Gasteiger partial charge in [-0.05, 0) is 63.4 Å². The van der Waals surface area contributed by atoms with E-state index in [1.165, 1.54) is 0 Å². The summed E-state index contributed by atoms with van der Waals surface area (Å²) in [5, 5.41) is 7.68. The van der Waals surface area contributed by atoms with Gasteiger partial charge in [0.15, 0.2) is 5.78 Å². The number of nitrogens with one attached hydrogen (secondary N) is 1. The van der Waals surface area contributed by atoms with Gasteiger partial charge in [-0.2, -0.15) is 5.10 Å². The predicted molar refractivity (Wildman–Crippen MR) is 114 cm³/mol. The van der Waals surface area contributed by atoms with Crippen molar-refractivity contribution < 1.29 is 9.59 Å². The van der Waals surface area contributed by atoms with Gasteiger partial charge in [0.2, 0.25) is 5.91 Å². The number of ketones is 1. The van der Waals surface area contributed by atoms with Crippen LogP contribution in [-0.2, 0) is 4.79 Å². The van der Waals surface area contributed by atoms with Crippen LogP contribution in [-0.4, -0.2) is 21.5 Å². The summed E-state index contributed by atoms with van der Waals surface area (Å²) >= 11 is 0. The highest BCUT2D eigenvalue weighted by molar-refractivity contribution is 6.08. The summed E-state index contributed by atoms with van der Waals surface area (Å²) in [5.41, 5.74) is 7.37. The summed E-state index contributed by atoms with van der Waals surface area (Å²) in [5.74, 6) is -0.104. The Labute approximate surface area is 170 Å². The molecule has 5 nitrogen and oxygen atoms in total. The van der Waals surface area contributed by atoms with Crippen molar-refractivity contribution in [2.45, 2.75) is 47.0 Å². The second-order valence-electron chi connectivity index (χ2n) is 7.97. The summed E-state index contributed by atoms with van der Waals surface area (Å²) in [6, 6.07) is 11.9. The number of carbonyl (C=O) groups excluding carboxylic acids is 2. The van der Waals surface area contributed by atoms with Crippen molar-refractivity contribution in [2.75, 3.05) is 5.32 Å². The van der Waals surface area contributed by atoms with Gasteiger partial charge < -0.3 is 5.32 Å². The zero-order valence-corrected chi connectivity index (χ0v) is 17.5. The molecule has 0 spiro atoms. The minimum atomic E-state index is -0.530. The molecule has 29 heavy (non-hydrogen) atoms. The second kappa shape index (κ2) is 6.99. The monoisotopic (exact) mass is 387 g/mol. The highest BCUT2D eigenvalue weighted by atomic mass is 16.2. The van der Waals surface area contributed by atoms with Crippen molar-refractivity contribution in [1.29, 1.82) is 0 Å². The summed E-state index contributed by atoms with van der Waals surface area (Å²) in [4.78, 5) is 26.0. The van der Waals surface area contributed by atoms with Crippen LogP contribution in [0.4, 0.5) is 5.82 Å². The first kappa shape index (κ1) is 19.1. The molecule has 2 aromatic carbocycles. The number of aromatic nitrogens is 2. The molecule has 1 aliphatic rings. The molecular weight excluding hydrogens is 362 g/mol. The third-order valence-corrected chi connectivity index (χ3v) is 5.88. The molecule has 5 heteroatoms. The minimum Gasteiger partial charge on any atom is -0.310 e. The average molecular weight is 387 g/mol. The number of amides is 1. The fraction of sp³-hybridized carbons (Fsp3) is 0.292. The van der Waals surface area contributed by atoms with Crippen LogP contribution in [0.3, 0.4) is 0 Å². The molecule has 1 N–H and O–H groups in total. The van der Waals surface area contributed by atoms with Crippen LogP contribution in [0.2, 0.25) is 0 Å². The van der Waals surface area contributed by atoms with Gasteiger partial charge in [0.05, 0.1) is 17.3 Å². The fourth-order valence-corrected chi connectivity index (χ4v) is 4.10. The van der Waals surface area contributed by atoms with Crippen molar-refractivity contribution in [2.24, 2.45) is 0 Å². The first-order valence-electron chi connectivity index (χ1n) is 9.85. The van der Waals surface area contributed by atoms with E-state index in [0.29, 0.717) is 11.4 Å². The van der Waals surface area contributed by atoms with E-state index in [9.17, 15) is 9.59 Å². The SMILES string of the molecule is Cc1ccc(C)c(C(=O)C2CC(=O)Nc3c2c(C)nn3-c2cccc(C)c2C)c1. The third kappa shape index (κ3) is 3.16. The van der Waals surface area contributed by atoms with Crippen molar-refractivity contribution in [3.8, 4) is 5.69 Å². The maximum Gasteiger partial charge on any atom is 0.226 e. The quantitative estimate of drug-likeness (QED) is 0.661. The predicted octanol–water partition coefficient (Wildman–Crippen LogP) is 4.72. The Kier molecular flexibility index (Phi) is 4.61. The van der Waals surface area contributed by atoms with Gasteiger partial charge in [-0.3, -0.25) is 9.59 Å². The van der Waals surface area contributed by atoms with Gasteiger partial charge in [-0.25, -0.2) is 4.68 Å². The Morgan fingerprint density at radius 2 is 1.83 bits per heavy atom. The van der Waals surface area contributed by atoms with Gasteiger partial charge in [0.1, 0.15) is 5.82 Å². The molecule has 1 atom stereocenters. The molecule has 3 aromatic rings. The number of anilines is 1. The molecule has 0 radical (unpaired) electrons. The van der Waals surface area contributed by atoms with Gasteiger partial charge in [0, 0.05) is 17.5 Å². The molecule has 1 aliphatic heterocycles. The Balaban J connectivity index is 1.87. The fourth-order valence-electron chi connectivity index (χ4n) is 4.10. The third-order valence-electron chi connectivity index (χ3n) is 5.88. The zero-order chi connectivity index (χ0) is 20.9. The molecule has 0 saturated heterocycles. The lowest BCUT2D eigenvalue weighted by molar-refractivity contribution is -0.116. The van der Waals surface area contributed by atoms with Crippen molar-refractivity contribution in [3.05, 3.63) is 75.5 Å². The molecule has 2 heterocycles. The van der Waals surface area contributed by atoms with Crippen molar-refractivity contribution in [3.63, 3.8) is 0 Å². The van der Waals surface area contributed by atoms with Crippen LogP contribution in [0.15, 0.2) is 36.4 Å². The number of benzene rings is 2. The number of carbonyl (C=O) groups is 2. The lowest BCUT2D eigenvalue weighted by atomic mass is 9.84. The topological polar surface area (TPSA) is 64.0 Å². The van der Waals surface area contributed by atoms with Crippen LogP contribution >= 0.6 is 0 Å². The Morgan fingerprint density at radius 1 is 1.07 bits per heavy atom. The summed E-state index contributed by atoms with van der Waals surface area (Å²) in [6.07, 6.45) is 0.137. The molecule has 0 aliphatic carbocycles. The summed E-state index contributed by atoms with van der Waals surface area (Å²) in [6.45, 7) is 9.90. The lowest BCUT2D eigenvalue weighted by Crippen LogP contribution is -2.29. The number of rotatable bonds is 3. The van der Waals surface area contributed by atoms with Crippen LogP contribution < -0.4 is 5.32 Å². The lowest BCUT2D eigenvalue weighted by Gasteiger charge is -2.24. The van der Waals surface area contributed by atoms with E-state index in [4.69, 9.17) is 5.10 Å². The van der Waals surface area contributed by atoms with Crippen molar-refractivity contribution in [1.82, 2.24) is 9.78 Å². The molecule has 1 unspecified atom stereocenters. The highest BCUT2D eigenvalue weighted by Gasteiger charge is 2.37. The molecule has 0 fully saturated rings. The molecule has 0 bridgehead atoms. The van der Waals surface area contributed by atoms with E-state index >= 15 is 0 Å². The van der Waals surface area contributed by atoms with Crippen LogP contribution in [0.25, 0.3) is 5.69 Å². The molecule has 1 amide bonds. The van der Waals surface area contributed by atoms with Gasteiger partial charge in [-0.1, -0.05) is 29.8 Å². The maximum atomic E-state index is 13.5. The smallest absolute Gasteiger partial charge is 0.226 e. The molecular formula is C24H25N3O2. The minimum absolute atomic E-state index is 0.0223. The number of fused-ring (bicyclic) bond motifs is 1. The largest absolute Gasteiger partial charge is 0.310 e. The zero-order valence-electron chi connectivity index (χ0n) is 17.5. The average Bonchev–Trinajstić information content (AvgIpc) is 3.01. The van der Waals surface area contributed by atoms with Gasteiger partial charge >= 0.3 is 0 Å². The molecule has 1 aromatic heterocycles. The van der Waals surface area contributed by atoms with Crippen LogP contribution in [0.5, 0.6) is 0 Å². The first-order chi connectivity index (χ1) is 13.8. The number of nitrogens with zero attached hydrogens (tertiary/aromatic N) is 2. The Morgan fingerprint density at radius 3 is 2.59 bits per heavy atom. The van der Waals surface area contributed by atoms with Crippen molar-refractivity contribution >= 4 is 17.5 Å². The molecule has 0 saturated carbocycles. The Hall–Kier alpha value is -3.21. The summed E-state index contributed by atoms with van der Waals surface area (Å²) in [7, 11) is 0. The maximum absolute atomic E-state index is 13.5. The molecule has 4 rings (SSSR count). The second-order valence-corrected chi connectivity index (χ2v) is 7.97. The standard InChI is InChI=1S/C24H25N3O2/c1-13-9-10-15(3)18(11-13)23(29)19-12-21(28)25-24-22(19)17(5)26-27(24)20-8-6-7-14(2)16(20)4/h6-11,19H,12H2,1-5H3,(H,25,28). The summed E-state index contributed by atoms with van der Waals surface area (Å²) < 4.78 is 1.77.